The summed E-state index contributed by atoms with van der Waals surface area (Å²) in [5.41, 5.74) is 10.9. The molecule has 0 saturated heterocycles. The maximum absolute atomic E-state index is 4.43. The number of guanidine groups is 1. The van der Waals surface area contributed by atoms with Crippen LogP contribution in [0.4, 0.5) is 5.69 Å². The number of hydrogen-bond donors (Lipinski definition) is 3. The number of aliphatic imine (C=N–C) groups is 1. The normalized spacial score (nSPS) is 16.8. The van der Waals surface area contributed by atoms with Gasteiger partial charge in [-0.15, -0.1) is 5.10 Å². The van der Waals surface area contributed by atoms with Gasteiger partial charge in [0.25, 0.3) is 0 Å². The lowest BCUT2D eigenvalue weighted by Crippen LogP contribution is -2.50. The minimum atomic E-state index is 0.597. The zero-order chi connectivity index (χ0) is 12.1. The Hall–Kier alpha value is -1.69. The smallest absolute Gasteiger partial charge is 0.236 e. The summed E-state index contributed by atoms with van der Waals surface area (Å²) in [4.78, 5) is 4.43. The number of rotatable bonds is 2. The van der Waals surface area contributed by atoms with Gasteiger partial charge in [0.2, 0.25) is 5.96 Å². The van der Waals surface area contributed by atoms with Gasteiger partial charge in [-0.3, -0.25) is 10.9 Å². The molecule has 0 unspecified atom stereocenters. The maximum atomic E-state index is 4.43. The van der Waals surface area contributed by atoms with Crippen LogP contribution in [0, 0.1) is 6.92 Å². The number of para-hydroxylation sites is 1. The van der Waals surface area contributed by atoms with Crippen LogP contribution in [-0.4, -0.2) is 16.9 Å². The molecule has 0 aromatic heterocycles. The predicted molar refractivity (Wildman–Crippen MR) is 73.2 cm³/mol. The van der Waals surface area contributed by atoms with Crippen molar-refractivity contribution in [2.75, 3.05) is 5.75 Å². The van der Waals surface area contributed by atoms with E-state index < -0.39 is 0 Å². The van der Waals surface area contributed by atoms with Crippen LogP contribution in [0.2, 0.25) is 0 Å². The molecule has 0 aliphatic carbocycles. The lowest BCUT2D eigenvalue weighted by Gasteiger charge is -2.18. The van der Waals surface area contributed by atoms with E-state index in [0.717, 1.165) is 22.2 Å². The molecule has 1 aromatic rings. The molecule has 0 amide bonds. The summed E-state index contributed by atoms with van der Waals surface area (Å²) in [7, 11) is 0. The van der Waals surface area contributed by atoms with Crippen molar-refractivity contribution in [1.82, 2.24) is 16.3 Å². The average Bonchev–Trinajstić information content (AvgIpc) is 2.35. The van der Waals surface area contributed by atoms with E-state index in [1.807, 2.05) is 31.2 Å². The first kappa shape index (κ1) is 11.8. The summed E-state index contributed by atoms with van der Waals surface area (Å²) >= 11 is 1.62. The van der Waals surface area contributed by atoms with Crippen LogP contribution in [0.1, 0.15) is 12.5 Å². The summed E-state index contributed by atoms with van der Waals surface area (Å²) < 4.78 is 0. The Labute approximate surface area is 105 Å². The van der Waals surface area contributed by atoms with E-state index in [-0.39, 0.29) is 0 Å². The standard InChI is InChI=1S/C11H15N5S/c1-3-17-11-15-13-10(14-16-11)12-9-7-5-4-6-8(9)2/h4-7H,3H2,1-2H3,(H,15,16)(H2,12,13,14). The number of aryl methyl sites for hydroxylation is 1. The number of thioether (sulfide) groups is 1. The first-order chi connectivity index (χ1) is 8.29. The molecule has 6 heteroatoms. The number of nitrogens with zero attached hydrogens (tertiary/aromatic N) is 2. The Balaban J connectivity index is 2.08. The quantitative estimate of drug-likeness (QED) is 0.746. The van der Waals surface area contributed by atoms with Gasteiger partial charge >= 0.3 is 0 Å². The molecule has 0 saturated carbocycles. The van der Waals surface area contributed by atoms with Crippen LogP contribution < -0.4 is 16.3 Å². The van der Waals surface area contributed by atoms with Gasteiger partial charge in [-0.2, -0.15) is 0 Å². The van der Waals surface area contributed by atoms with E-state index in [1.54, 1.807) is 11.8 Å². The highest BCUT2D eigenvalue weighted by atomic mass is 32.2. The zero-order valence-electron chi connectivity index (χ0n) is 9.82. The van der Waals surface area contributed by atoms with E-state index in [4.69, 9.17) is 0 Å². The molecule has 2 rings (SSSR count). The van der Waals surface area contributed by atoms with Crippen molar-refractivity contribution in [2.24, 2.45) is 10.1 Å². The minimum Gasteiger partial charge on any atom is -0.275 e. The van der Waals surface area contributed by atoms with Gasteiger partial charge in [0.15, 0.2) is 5.17 Å². The van der Waals surface area contributed by atoms with Gasteiger partial charge in [0.05, 0.1) is 5.69 Å². The molecule has 0 bridgehead atoms. The molecule has 3 N–H and O–H groups in total. The fraction of sp³-hybridized carbons (Fsp3) is 0.273. The number of hydrazine groups is 1. The number of hydrogen-bond acceptors (Lipinski definition) is 4. The third-order valence-electron chi connectivity index (χ3n) is 2.18. The summed E-state index contributed by atoms with van der Waals surface area (Å²) in [6.45, 7) is 4.10. The number of benzene rings is 1. The summed E-state index contributed by atoms with van der Waals surface area (Å²) in [5.74, 6) is 1.57. The van der Waals surface area contributed by atoms with Gasteiger partial charge in [0.1, 0.15) is 0 Å². The molecule has 0 fully saturated rings. The van der Waals surface area contributed by atoms with E-state index >= 15 is 0 Å². The lowest BCUT2D eigenvalue weighted by atomic mass is 10.2. The van der Waals surface area contributed by atoms with Gasteiger partial charge < -0.3 is 0 Å². The first-order valence-corrected chi connectivity index (χ1v) is 6.41. The van der Waals surface area contributed by atoms with Crippen molar-refractivity contribution in [3.8, 4) is 0 Å². The van der Waals surface area contributed by atoms with Crippen LogP contribution in [0.25, 0.3) is 0 Å². The lowest BCUT2D eigenvalue weighted by molar-refractivity contribution is 0.769. The Morgan fingerprint density at radius 1 is 1.29 bits per heavy atom. The van der Waals surface area contributed by atoms with E-state index in [0.29, 0.717) is 5.96 Å². The second-order valence-electron chi connectivity index (χ2n) is 3.46. The molecule has 1 aromatic carbocycles. The average molecular weight is 249 g/mol. The fourth-order valence-electron chi connectivity index (χ4n) is 1.34. The second-order valence-corrected chi connectivity index (χ2v) is 4.71. The van der Waals surface area contributed by atoms with Crippen molar-refractivity contribution < 1.29 is 0 Å². The predicted octanol–water partition coefficient (Wildman–Crippen LogP) is 1.70. The highest BCUT2D eigenvalue weighted by Gasteiger charge is 2.08. The molecular formula is C11H15N5S. The van der Waals surface area contributed by atoms with Gasteiger partial charge in [-0.25, -0.2) is 10.4 Å². The van der Waals surface area contributed by atoms with Crippen LogP contribution in [0.5, 0.6) is 0 Å². The fourth-order valence-corrected chi connectivity index (χ4v) is 1.85. The molecule has 90 valence electrons. The SMILES string of the molecule is CCSC1=NNC(=Nc2ccccc2C)NN1. The third kappa shape index (κ3) is 3.13. The van der Waals surface area contributed by atoms with Gasteiger partial charge in [0, 0.05) is 0 Å². The van der Waals surface area contributed by atoms with E-state index in [2.05, 4.69) is 33.3 Å². The van der Waals surface area contributed by atoms with Crippen molar-refractivity contribution >= 4 is 28.6 Å². The molecule has 1 aliphatic heterocycles. The van der Waals surface area contributed by atoms with Crippen molar-refractivity contribution in [1.29, 1.82) is 0 Å². The third-order valence-corrected chi connectivity index (χ3v) is 2.94. The molecule has 0 spiro atoms. The highest BCUT2D eigenvalue weighted by molar-refractivity contribution is 8.13. The second kappa shape index (κ2) is 5.58. The monoisotopic (exact) mass is 249 g/mol. The maximum Gasteiger partial charge on any atom is 0.236 e. The highest BCUT2D eigenvalue weighted by Crippen LogP contribution is 2.16. The number of hydrazone groups is 1. The van der Waals surface area contributed by atoms with Gasteiger partial charge in [-0.1, -0.05) is 36.9 Å². The van der Waals surface area contributed by atoms with Crippen molar-refractivity contribution in [3.05, 3.63) is 29.8 Å². The minimum absolute atomic E-state index is 0.597. The number of nitrogens with one attached hydrogen (secondary N) is 3. The Morgan fingerprint density at radius 2 is 2.12 bits per heavy atom. The van der Waals surface area contributed by atoms with Crippen LogP contribution in [-0.2, 0) is 0 Å². The summed E-state index contributed by atoms with van der Waals surface area (Å²) in [6, 6.07) is 7.94. The zero-order valence-corrected chi connectivity index (χ0v) is 10.6. The molecule has 1 heterocycles. The molecule has 5 nitrogen and oxygen atoms in total. The number of amidine groups is 1. The Kier molecular flexibility index (Phi) is 3.87. The topological polar surface area (TPSA) is 60.8 Å². The summed E-state index contributed by atoms with van der Waals surface area (Å²) in [6.07, 6.45) is 0. The van der Waals surface area contributed by atoms with E-state index in [9.17, 15) is 0 Å². The Morgan fingerprint density at radius 3 is 2.76 bits per heavy atom. The summed E-state index contributed by atoms with van der Waals surface area (Å²) in [5, 5.41) is 4.97. The largest absolute Gasteiger partial charge is 0.275 e. The van der Waals surface area contributed by atoms with Gasteiger partial charge in [-0.05, 0) is 24.3 Å². The first-order valence-electron chi connectivity index (χ1n) is 5.42. The van der Waals surface area contributed by atoms with Crippen LogP contribution in [0.15, 0.2) is 34.4 Å². The van der Waals surface area contributed by atoms with Crippen molar-refractivity contribution in [2.45, 2.75) is 13.8 Å². The van der Waals surface area contributed by atoms with Crippen LogP contribution in [0.3, 0.4) is 0 Å². The Bertz CT molecular complexity index is 455. The molecule has 17 heavy (non-hydrogen) atoms. The molecule has 0 radical (unpaired) electrons. The van der Waals surface area contributed by atoms with Crippen LogP contribution >= 0.6 is 11.8 Å². The molecular weight excluding hydrogens is 234 g/mol. The molecule has 0 atom stereocenters. The van der Waals surface area contributed by atoms with Crippen molar-refractivity contribution in [3.63, 3.8) is 0 Å². The van der Waals surface area contributed by atoms with E-state index in [1.165, 1.54) is 0 Å². The molecule has 1 aliphatic rings.